The number of amides is 1. The van der Waals surface area contributed by atoms with E-state index >= 15 is 0 Å². The number of fused-ring (bicyclic) bond motifs is 1. The van der Waals surface area contributed by atoms with Gasteiger partial charge in [0.2, 0.25) is 10.0 Å². The van der Waals surface area contributed by atoms with E-state index in [9.17, 15) is 13.2 Å². The standard InChI is InChI=1S/C18H19N3O3S2/c1-12-21-16-7-6-15(11-17(16)25-12)26(23,24)20-9-8-13-4-3-5-14(10-13)18(22)19-2/h3-7,10-11,20H,8-9H2,1-2H3,(H,19,22). The van der Waals surface area contributed by atoms with Crippen molar-refractivity contribution in [1.82, 2.24) is 15.0 Å². The minimum Gasteiger partial charge on any atom is -0.355 e. The van der Waals surface area contributed by atoms with Crippen LogP contribution in [0.3, 0.4) is 0 Å². The van der Waals surface area contributed by atoms with E-state index in [1.807, 2.05) is 13.0 Å². The maximum atomic E-state index is 12.5. The van der Waals surface area contributed by atoms with Crippen molar-refractivity contribution in [2.75, 3.05) is 13.6 Å². The van der Waals surface area contributed by atoms with Crippen LogP contribution in [-0.4, -0.2) is 32.9 Å². The number of nitrogens with one attached hydrogen (secondary N) is 2. The number of sulfonamides is 1. The summed E-state index contributed by atoms with van der Waals surface area (Å²) < 4.78 is 28.5. The zero-order valence-corrected chi connectivity index (χ0v) is 16.1. The van der Waals surface area contributed by atoms with Crippen molar-refractivity contribution in [2.24, 2.45) is 0 Å². The number of rotatable bonds is 6. The number of nitrogens with zero attached hydrogens (tertiary/aromatic N) is 1. The zero-order chi connectivity index (χ0) is 18.7. The molecule has 0 fully saturated rings. The number of hydrogen-bond acceptors (Lipinski definition) is 5. The van der Waals surface area contributed by atoms with Crippen LogP contribution in [0.5, 0.6) is 0 Å². The number of hydrogen-bond donors (Lipinski definition) is 2. The molecule has 8 heteroatoms. The monoisotopic (exact) mass is 389 g/mol. The van der Waals surface area contributed by atoms with Gasteiger partial charge < -0.3 is 5.32 Å². The normalized spacial score (nSPS) is 11.6. The van der Waals surface area contributed by atoms with Crippen LogP contribution in [0.15, 0.2) is 47.4 Å². The molecule has 0 atom stereocenters. The molecule has 3 aromatic rings. The first-order valence-corrected chi connectivity index (χ1v) is 10.4. The Morgan fingerprint density at radius 1 is 1.19 bits per heavy atom. The van der Waals surface area contributed by atoms with Crippen molar-refractivity contribution in [1.29, 1.82) is 0 Å². The van der Waals surface area contributed by atoms with Gasteiger partial charge in [-0.15, -0.1) is 11.3 Å². The summed E-state index contributed by atoms with van der Waals surface area (Å²) in [6.45, 7) is 2.14. The summed E-state index contributed by atoms with van der Waals surface area (Å²) >= 11 is 1.47. The summed E-state index contributed by atoms with van der Waals surface area (Å²) in [4.78, 5) is 16.2. The molecular formula is C18H19N3O3S2. The van der Waals surface area contributed by atoms with Crippen LogP contribution in [0.2, 0.25) is 0 Å². The smallest absolute Gasteiger partial charge is 0.251 e. The number of benzene rings is 2. The van der Waals surface area contributed by atoms with E-state index in [1.165, 1.54) is 11.3 Å². The van der Waals surface area contributed by atoms with Crippen molar-refractivity contribution in [3.05, 3.63) is 58.6 Å². The van der Waals surface area contributed by atoms with Crippen molar-refractivity contribution >= 4 is 37.5 Å². The van der Waals surface area contributed by atoms with Crippen LogP contribution in [0.4, 0.5) is 0 Å². The van der Waals surface area contributed by atoms with Gasteiger partial charge in [-0.05, 0) is 49.2 Å². The highest BCUT2D eigenvalue weighted by Gasteiger charge is 2.15. The predicted molar refractivity (Wildman–Crippen MR) is 103 cm³/mol. The maximum absolute atomic E-state index is 12.5. The highest BCUT2D eigenvalue weighted by atomic mass is 32.2. The molecule has 0 spiro atoms. The molecule has 6 nitrogen and oxygen atoms in total. The Morgan fingerprint density at radius 2 is 2.00 bits per heavy atom. The minimum atomic E-state index is -3.59. The Bertz CT molecular complexity index is 1060. The van der Waals surface area contributed by atoms with Crippen molar-refractivity contribution in [3.63, 3.8) is 0 Å². The van der Waals surface area contributed by atoms with E-state index in [2.05, 4.69) is 15.0 Å². The lowest BCUT2D eigenvalue weighted by Crippen LogP contribution is -2.26. The van der Waals surface area contributed by atoms with Crippen molar-refractivity contribution in [3.8, 4) is 0 Å². The van der Waals surface area contributed by atoms with E-state index in [1.54, 1.807) is 43.4 Å². The molecule has 0 unspecified atom stereocenters. The number of thiazole rings is 1. The lowest BCUT2D eigenvalue weighted by Gasteiger charge is -2.08. The quantitative estimate of drug-likeness (QED) is 0.678. The molecule has 0 saturated heterocycles. The second-order valence-corrected chi connectivity index (χ2v) is 8.79. The molecule has 1 heterocycles. The lowest BCUT2D eigenvalue weighted by molar-refractivity contribution is 0.0963. The maximum Gasteiger partial charge on any atom is 0.251 e. The fourth-order valence-corrected chi connectivity index (χ4v) is 4.61. The van der Waals surface area contributed by atoms with Gasteiger partial charge in [-0.1, -0.05) is 12.1 Å². The average Bonchev–Trinajstić information content (AvgIpc) is 3.00. The molecule has 0 bridgehead atoms. The third kappa shape index (κ3) is 4.09. The van der Waals surface area contributed by atoms with E-state index < -0.39 is 10.0 Å². The number of carbonyl (C=O) groups is 1. The molecule has 0 aliphatic heterocycles. The summed E-state index contributed by atoms with van der Waals surface area (Å²) in [6.07, 6.45) is 0.492. The van der Waals surface area contributed by atoms with Gasteiger partial charge in [0.05, 0.1) is 20.1 Å². The Balaban J connectivity index is 1.69. The first kappa shape index (κ1) is 18.5. The van der Waals surface area contributed by atoms with Crippen LogP contribution in [-0.2, 0) is 16.4 Å². The second-order valence-electron chi connectivity index (χ2n) is 5.79. The van der Waals surface area contributed by atoms with Crippen LogP contribution in [0, 0.1) is 6.92 Å². The summed E-state index contributed by atoms with van der Waals surface area (Å²) in [5.74, 6) is -0.166. The SMILES string of the molecule is CNC(=O)c1cccc(CCNS(=O)(=O)c2ccc3nc(C)sc3c2)c1. The third-order valence-electron chi connectivity index (χ3n) is 3.90. The van der Waals surface area contributed by atoms with Gasteiger partial charge in [0, 0.05) is 19.2 Å². The topological polar surface area (TPSA) is 88.2 Å². The van der Waals surface area contributed by atoms with Crippen LogP contribution < -0.4 is 10.0 Å². The van der Waals surface area contributed by atoms with Gasteiger partial charge >= 0.3 is 0 Å². The van der Waals surface area contributed by atoms with Crippen molar-refractivity contribution < 1.29 is 13.2 Å². The van der Waals surface area contributed by atoms with Crippen LogP contribution in [0.1, 0.15) is 20.9 Å². The number of aryl methyl sites for hydroxylation is 1. The van der Waals surface area contributed by atoms with Gasteiger partial charge in [0.25, 0.3) is 5.91 Å². The molecule has 0 aliphatic carbocycles. The van der Waals surface area contributed by atoms with Crippen molar-refractivity contribution in [2.45, 2.75) is 18.2 Å². The summed E-state index contributed by atoms with van der Waals surface area (Å²) in [6, 6.07) is 12.1. The Morgan fingerprint density at radius 3 is 2.77 bits per heavy atom. The van der Waals surface area contributed by atoms with E-state index in [-0.39, 0.29) is 17.3 Å². The second kappa shape index (κ2) is 7.53. The molecule has 136 valence electrons. The summed E-state index contributed by atoms with van der Waals surface area (Å²) in [5, 5.41) is 3.47. The van der Waals surface area contributed by atoms with E-state index in [0.717, 1.165) is 20.8 Å². The Kier molecular flexibility index (Phi) is 5.36. The Hall–Kier alpha value is -2.29. The largest absolute Gasteiger partial charge is 0.355 e. The molecule has 1 amide bonds. The molecule has 0 radical (unpaired) electrons. The van der Waals surface area contributed by atoms with Crippen LogP contribution in [0.25, 0.3) is 10.2 Å². The van der Waals surface area contributed by atoms with Gasteiger partial charge in [-0.25, -0.2) is 18.1 Å². The third-order valence-corrected chi connectivity index (χ3v) is 6.29. The van der Waals surface area contributed by atoms with E-state index in [0.29, 0.717) is 12.0 Å². The highest BCUT2D eigenvalue weighted by molar-refractivity contribution is 7.89. The fourth-order valence-electron chi connectivity index (χ4n) is 2.61. The first-order valence-electron chi connectivity index (χ1n) is 8.07. The zero-order valence-electron chi connectivity index (χ0n) is 14.4. The molecule has 2 N–H and O–H groups in total. The lowest BCUT2D eigenvalue weighted by atomic mass is 10.1. The van der Waals surface area contributed by atoms with E-state index in [4.69, 9.17) is 0 Å². The van der Waals surface area contributed by atoms with Crippen LogP contribution >= 0.6 is 11.3 Å². The highest BCUT2D eigenvalue weighted by Crippen LogP contribution is 2.24. The van der Waals surface area contributed by atoms with Gasteiger partial charge in [0.1, 0.15) is 0 Å². The average molecular weight is 390 g/mol. The molecule has 1 aromatic heterocycles. The molecule has 2 aromatic carbocycles. The minimum absolute atomic E-state index is 0.166. The predicted octanol–water partition coefficient (Wildman–Crippen LogP) is 2.49. The first-order chi connectivity index (χ1) is 12.4. The molecule has 3 rings (SSSR count). The van der Waals surface area contributed by atoms with Gasteiger partial charge in [-0.2, -0.15) is 0 Å². The fraction of sp³-hybridized carbons (Fsp3) is 0.222. The molecule has 0 aliphatic rings. The van der Waals surface area contributed by atoms with Gasteiger partial charge in [0.15, 0.2) is 0 Å². The summed E-state index contributed by atoms with van der Waals surface area (Å²) in [5.41, 5.74) is 2.25. The number of aromatic nitrogens is 1. The van der Waals surface area contributed by atoms with Gasteiger partial charge in [-0.3, -0.25) is 4.79 Å². The molecule has 26 heavy (non-hydrogen) atoms. The Labute approximate surface area is 156 Å². The summed E-state index contributed by atoms with van der Waals surface area (Å²) in [7, 11) is -2.02. The number of carbonyl (C=O) groups excluding carboxylic acids is 1. The molecule has 0 saturated carbocycles. The molecular weight excluding hydrogens is 370 g/mol.